The van der Waals surface area contributed by atoms with Gasteiger partial charge < -0.3 is 29.2 Å². The molecule has 6 heteroatoms. The summed E-state index contributed by atoms with van der Waals surface area (Å²) in [6, 6.07) is 0. The first-order chi connectivity index (χ1) is 12.5. The van der Waals surface area contributed by atoms with E-state index in [2.05, 4.69) is 6.58 Å². The van der Waals surface area contributed by atoms with E-state index in [1.165, 1.54) is 0 Å². The molecule has 3 saturated carbocycles. The summed E-state index contributed by atoms with van der Waals surface area (Å²) < 4.78 is 22.2. The van der Waals surface area contributed by atoms with Crippen LogP contribution in [0.15, 0.2) is 24.0 Å². The van der Waals surface area contributed by atoms with Gasteiger partial charge in [0.05, 0.1) is 37.8 Å². The Morgan fingerprint density at radius 3 is 2.85 bits per heavy atom. The number of rotatable bonds is 9. The molecular weight excluding hydrogens is 336 g/mol. The fourth-order valence-corrected chi connectivity index (χ4v) is 5.42. The standard InChI is InChI=1S/C20H32O6/c1-4-24-11-15-16-5-6-20(26-13-25-8-7-23-3)12-19(16,9-14(20)2)17(10-21)18(15)22/h11,16-18,21-22H,2,4-10,12-13H2,1,3H3/b15-11+/t16?,17-,18?,19+,20+/m1/s1. The minimum Gasteiger partial charge on any atom is -0.501 e. The highest BCUT2D eigenvalue weighted by Gasteiger charge is 2.67. The summed E-state index contributed by atoms with van der Waals surface area (Å²) in [4.78, 5) is 0. The Morgan fingerprint density at radius 2 is 2.15 bits per heavy atom. The Morgan fingerprint density at radius 1 is 1.35 bits per heavy atom. The molecule has 26 heavy (non-hydrogen) atoms. The van der Waals surface area contributed by atoms with Crippen molar-refractivity contribution in [2.45, 2.75) is 44.3 Å². The number of fused-ring (bicyclic) bond motifs is 1. The molecule has 0 amide bonds. The maximum atomic E-state index is 10.8. The molecule has 0 aromatic heterocycles. The van der Waals surface area contributed by atoms with Gasteiger partial charge in [0.15, 0.2) is 0 Å². The van der Waals surface area contributed by atoms with Gasteiger partial charge in [0.1, 0.15) is 6.79 Å². The van der Waals surface area contributed by atoms with Crippen LogP contribution in [0.5, 0.6) is 0 Å². The number of hydrogen-bond donors (Lipinski definition) is 2. The van der Waals surface area contributed by atoms with Gasteiger partial charge in [-0.25, -0.2) is 0 Å². The van der Waals surface area contributed by atoms with E-state index in [0.29, 0.717) is 19.8 Å². The third-order valence-electron chi connectivity index (χ3n) is 6.63. The lowest BCUT2D eigenvalue weighted by Gasteiger charge is -2.43. The van der Waals surface area contributed by atoms with Crippen LogP contribution in [-0.2, 0) is 18.9 Å². The third-order valence-corrected chi connectivity index (χ3v) is 6.63. The van der Waals surface area contributed by atoms with E-state index in [0.717, 1.165) is 36.8 Å². The lowest BCUT2D eigenvalue weighted by Crippen LogP contribution is -2.43. The fraction of sp³-hybridized carbons (Fsp3) is 0.800. The van der Waals surface area contributed by atoms with E-state index in [9.17, 15) is 10.2 Å². The largest absolute Gasteiger partial charge is 0.501 e. The fourth-order valence-electron chi connectivity index (χ4n) is 5.42. The molecule has 0 aliphatic heterocycles. The second kappa shape index (κ2) is 7.98. The van der Waals surface area contributed by atoms with Crippen molar-refractivity contribution in [3.63, 3.8) is 0 Å². The topological polar surface area (TPSA) is 77.4 Å². The molecule has 2 N–H and O–H groups in total. The third kappa shape index (κ3) is 3.12. The van der Waals surface area contributed by atoms with Gasteiger partial charge >= 0.3 is 0 Å². The van der Waals surface area contributed by atoms with Crippen LogP contribution in [0.1, 0.15) is 32.6 Å². The lowest BCUT2D eigenvalue weighted by molar-refractivity contribution is -0.151. The van der Waals surface area contributed by atoms with E-state index in [-0.39, 0.29) is 30.7 Å². The van der Waals surface area contributed by atoms with E-state index >= 15 is 0 Å². The van der Waals surface area contributed by atoms with Crippen LogP contribution in [0, 0.1) is 17.3 Å². The smallest absolute Gasteiger partial charge is 0.148 e. The molecule has 5 atom stereocenters. The van der Waals surface area contributed by atoms with Crippen molar-refractivity contribution < 1.29 is 29.2 Å². The Bertz CT molecular complexity index is 546. The maximum Gasteiger partial charge on any atom is 0.148 e. The van der Waals surface area contributed by atoms with Gasteiger partial charge in [0.25, 0.3) is 0 Å². The van der Waals surface area contributed by atoms with Gasteiger partial charge in [0.2, 0.25) is 0 Å². The van der Waals surface area contributed by atoms with Crippen LogP contribution in [0.2, 0.25) is 0 Å². The molecule has 3 aliphatic carbocycles. The highest BCUT2D eigenvalue weighted by atomic mass is 16.7. The monoisotopic (exact) mass is 368 g/mol. The predicted octanol–water partition coefficient (Wildman–Crippen LogP) is 2.01. The second-order valence-corrected chi connectivity index (χ2v) is 7.75. The summed E-state index contributed by atoms with van der Waals surface area (Å²) in [7, 11) is 1.64. The number of ether oxygens (including phenoxy) is 4. The van der Waals surface area contributed by atoms with Crippen LogP contribution >= 0.6 is 0 Å². The molecule has 148 valence electrons. The molecule has 0 saturated heterocycles. The van der Waals surface area contributed by atoms with E-state index in [1.807, 2.05) is 6.92 Å². The SMILES string of the molecule is C=C1C[C@]23C[C@@]1(OCOCCOC)CCC2/C(=C\OCC)C(O)[C@H]3CO. The Balaban J connectivity index is 1.78. The van der Waals surface area contributed by atoms with E-state index in [1.54, 1.807) is 13.4 Å². The lowest BCUT2D eigenvalue weighted by atomic mass is 9.64. The first-order valence-electron chi connectivity index (χ1n) is 9.54. The molecule has 0 aromatic rings. The summed E-state index contributed by atoms with van der Waals surface area (Å²) >= 11 is 0. The number of aliphatic hydroxyl groups is 2. The molecule has 3 rings (SSSR count). The van der Waals surface area contributed by atoms with Crippen LogP contribution in [0.3, 0.4) is 0 Å². The molecular formula is C20H32O6. The number of methoxy groups -OCH3 is 1. The number of hydrogen-bond acceptors (Lipinski definition) is 6. The molecule has 2 unspecified atom stereocenters. The van der Waals surface area contributed by atoms with Gasteiger partial charge in [0, 0.05) is 19.6 Å². The summed E-state index contributed by atoms with van der Waals surface area (Å²) in [5, 5.41) is 20.9. The Kier molecular flexibility index (Phi) is 6.09. The first-order valence-corrected chi connectivity index (χ1v) is 9.54. The zero-order chi connectivity index (χ0) is 18.8. The zero-order valence-electron chi connectivity index (χ0n) is 15.9. The van der Waals surface area contributed by atoms with E-state index in [4.69, 9.17) is 18.9 Å². The predicted molar refractivity (Wildman–Crippen MR) is 96.3 cm³/mol. The zero-order valence-corrected chi connectivity index (χ0v) is 15.9. The minimum absolute atomic E-state index is 0.0468. The van der Waals surface area contributed by atoms with Crippen LogP contribution < -0.4 is 0 Å². The molecule has 3 fully saturated rings. The van der Waals surface area contributed by atoms with Crippen molar-refractivity contribution >= 4 is 0 Å². The molecule has 2 bridgehead atoms. The Labute approximate surface area is 155 Å². The van der Waals surface area contributed by atoms with Crippen molar-refractivity contribution in [2.75, 3.05) is 40.3 Å². The van der Waals surface area contributed by atoms with Gasteiger partial charge in [-0.15, -0.1) is 0 Å². The average Bonchev–Trinajstić information content (AvgIpc) is 2.99. The molecule has 6 nitrogen and oxygen atoms in total. The van der Waals surface area contributed by atoms with Gasteiger partial charge in [-0.05, 0) is 55.1 Å². The molecule has 0 aromatic carbocycles. The Hall–Kier alpha value is -0.920. The van der Waals surface area contributed by atoms with Crippen LogP contribution in [0.4, 0.5) is 0 Å². The van der Waals surface area contributed by atoms with Gasteiger partial charge in [-0.3, -0.25) is 0 Å². The molecule has 0 heterocycles. The van der Waals surface area contributed by atoms with Crippen molar-refractivity contribution in [3.8, 4) is 0 Å². The molecule has 0 radical (unpaired) electrons. The molecule has 1 spiro atoms. The summed E-state index contributed by atoms with van der Waals surface area (Å²) in [5.41, 5.74) is 1.35. The van der Waals surface area contributed by atoms with E-state index < -0.39 is 11.7 Å². The summed E-state index contributed by atoms with van der Waals surface area (Å²) in [5.74, 6) is -0.0114. The summed E-state index contributed by atoms with van der Waals surface area (Å²) in [6.07, 6.45) is 4.32. The minimum atomic E-state index is -0.670. The van der Waals surface area contributed by atoms with Gasteiger partial charge in [-0.1, -0.05) is 6.58 Å². The number of aliphatic hydroxyl groups excluding tert-OH is 2. The van der Waals surface area contributed by atoms with Crippen molar-refractivity contribution in [1.29, 1.82) is 0 Å². The molecule has 3 aliphatic rings. The summed E-state index contributed by atoms with van der Waals surface area (Å²) in [6.45, 7) is 7.98. The normalized spacial score (nSPS) is 40.2. The second-order valence-electron chi connectivity index (χ2n) is 7.75. The first kappa shape index (κ1) is 19.8. The van der Waals surface area contributed by atoms with Crippen molar-refractivity contribution in [3.05, 3.63) is 24.0 Å². The average molecular weight is 368 g/mol. The maximum absolute atomic E-state index is 10.8. The van der Waals surface area contributed by atoms with Crippen molar-refractivity contribution in [2.24, 2.45) is 17.3 Å². The van der Waals surface area contributed by atoms with Crippen LogP contribution in [0.25, 0.3) is 0 Å². The highest BCUT2D eigenvalue weighted by molar-refractivity contribution is 5.37. The van der Waals surface area contributed by atoms with Gasteiger partial charge in [-0.2, -0.15) is 0 Å². The quantitative estimate of drug-likeness (QED) is 0.281. The van der Waals surface area contributed by atoms with Crippen LogP contribution in [-0.4, -0.2) is 62.2 Å². The van der Waals surface area contributed by atoms with Crippen molar-refractivity contribution in [1.82, 2.24) is 0 Å². The highest BCUT2D eigenvalue weighted by Crippen LogP contribution is 2.69.